The van der Waals surface area contributed by atoms with Crippen molar-refractivity contribution >= 4 is 57.1 Å². The second kappa shape index (κ2) is 7.72. The zero-order valence-electron chi connectivity index (χ0n) is 16.1. The minimum absolute atomic E-state index is 0.0787. The molecule has 5 nitrogen and oxygen atoms in total. The zero-order chi connectivity index (χ0) is 19.8. The fraction of sp³-hybridized carbons (Fsp3) is 0.381. The summed E-state index contributed by atoms with van der Waals surface area (Å²) in [4.78, 5) is 29.4. The van der Waals surface area contributed by atoms with Gasteiger partial charge >= 0.3 is 0 Å². The number of carbonyl (C=O) groups excluding carboxylic acids is 2. The van der Waals surface area contributed by atoms with Gasteiger partial charge in [-0.3, -0.25) is 14.5 Å². The number of likely N-dealkylation sites (N-methyl/N-ethyl adjacent to an activating group) is 1. The molecule has 2 fully saturated rings. The molecule has 28 heavy (non-hydrogen) atoms. The van der Waals surface area contributed by atoms with Crippen molar-refractivity contribution in [3.05, 3.63) is 40.9 Å². The summed E-state index contributed by atoms with van der Waals surface area (Å²) >= 11 is 6.54. The Labute approximate surface area is 174 Å². The minimum Gasteiger partial charge on any atom is -0.338 e. The van der Waals surface area contributed by atoms with Gasteiger partial charge in [-0.2, -0.15) is 0 Å². The Morgan fingerprint density at radius 2 is 2.11 bits per heavy atom. The van der Waals surface area contributed by atoms with Crippen LogP contribution >= 0.6 is 24.0 Å². The van der Waals surface area contributed by atoms with Crippen molar-refractivity contribution in [2.45, 2.75) is 38.8 Å². The molecule has 1 aromatic carbocycles. The number of amides is 2. The first-order chi connectivity index (χ1) is 13.5. The lowest BCUT2D eigenvalue weighted by molar-refractivity contribution is -0.135. The summed E-state index contributed by atoms with van der Waals surface area (Å²) < 4.78 is 2.56. The number of nitrogens with zero attached hydrogens (tertiary/aromatic N) is 3. The number of hydrogen-bond acceptors (Lipinski definition) is 4. The van der Waals surface area contributed by atoms with Gasteiger partial charge in [0.15, 0.2) is 0 Å². The van der Waals surface area contributed by atoms with E-state index in [4.69, 9.17) is 12.2 Å². The number of para-hydroxylation sites is 1. The molecule has 2 amide bonds. The summed E-state index contributed by atoms with van der Waals surface area (Å²) in [5.74, 6) is 0.0736. The summed E-state index contributed by atoms with van der Waals surface area (Å²) in [6.45, 7) is 3.28. The monoisotopic (exact) mass is 413 g/mol. The Kier molecular flexibility index (Phi) is 5.29. The molecule has 2 aliphatic rings. The number of hydrogen-bond donors (Lipinski definition) is 0. The molecule has 0 saturated carbocycles. The van der Waals surface area contributed by atoms with Gasteiger partial charge in [-0.05, 0) is 38.3 Å². The molecule has 7 heteroatoms. The van der Waals surface area contributed by atoms with E-state index in [0.717, 1.165) is 35.9 Å². The van der Waals surface area contributed by atoms with Gasteiger partial charge < -0.3 is 9.47 Å². The molecule has 4 rings (SSSR count). The van der Waals surface area contributed by atoms with Gasteiger partial charge in [-0.15, -0.1) is 0 Å². The fourth-order valence-electron chi connectivity index (χ4n) is 3.91. The van der Waals surface area contributed by atoms with E-state index in [1.165, 1.54) is 23.1 Å². The molecule has 2 aromatic rings. The number of benzene rings is 1. The van der Waals surface area contributed by atoms with Crippen molar-refractivity contribution in [1.29, 1.82) is 0 Å². The molecule has 3 heterocycles. The number of rotatable bonds is 3. The van der Waals surface area contributed by atoms with Crippen LogP contribution in [0.4, 0.5) is 0 Å². The van der Waals surface area contributed by atoms with Crippen molar-refractivity contribution < 1.29 is 9.59 Å². The van der Waals surface area contributed by atoms with E-state index in [0.29, 0.717) is 21.8 Å². The van der Waals surface area contributed by atoms with Crippen LogP contribution in [0.5, 0.6) is 0 Å². The van der Waals surface area contributed by atoms with Crippen molar-refractivity contribution in [3.8, 4) is 0 Å². The van der Waals surface area contributed by atoms with Crippen LogP contribution < -0.4 is 0 Å². The number of thioether (sulfide) groups is 1. The lowest BCUT2D eigenvalue weighted by Crippen LogP contribution is -2.43. The van der Waals surface area contributed by atoms with Crippen LogP contribution in [-0.4, -0.2) is 50.1 Å². The highest BCUT2D eigenvalue weighted by Gasteiger charge is 2.29. The third-order valence-electron chi connectivity index (χ3n) is 5.52. The average molecular weight is 414 g/mol. The van der Waals surface area contributed by atoms with Crippen molar-refractivity contribution in [2.24, 2.45) is 0 Å². The molecule has 2 aliphatic heterocycles. The van der Waals surface area contributed by atoms with Gasteiger partial charge in [0.2, 0.25) is 5.91 Å². The maximum Gasteiger partial charge on any atom is 0.265 e. The summed E-state index contributed by atoms with van der Waals surface area (Å²) in [5, 5.41) is 1.03. The number of thiocarbonyl (C=S) groups is 1. The van der Waals surface area contributed by atoms with Gasteiger partial charge in [0.25, 0.3) is 5.91 Å². The van der Waals surface area contributed by atoms with E-state index in [1.807, 2.05) is 46.0 Å². The van der Waals surface area contributed by atoms with Crippen LogP contribution in [0, 0.1) is 0 Å². The molecule has 0 aliphatic carbocycles. The molecule has 0 spiro atoms. The highest BCUT2D eigenvalue weighted by atomic mass is 32.2. The second-order valence-electron chi connectivity index (χ2n) is 7.40. The van der Waals surface area contributed by atoms with E-state index >= 15 is 0 Å². The van der Waals surface area contributed by atoms with Gasteiger partial charge in [0.05, 0.1) is 4.91 Å². The van der Waals surface area contributed by atoms with Gasteiger partial charge in [0, 0.05) is 42.3 Å². The van der Waals surface area contributed by atoms with Crippen LogP contribution in [0.3, 0.4) is 0 Å². The quantitative estimate of drug-likeness (QED) is 0.566. The number of likely N-dealkylation sites (tertiary alicyclic amines) is 1. The van der Waals surface area contributed by atoms with Crippen LogP contribution in [0.2, 0.25) is 0 Å². The molecule has 0 N–H and O–H groups in total. The van der Waals surface area contributed by atoms with Crippen molar-refractivity contribution in [2.75, 3.05) is 13.6 Å². The number of carbonyl (C=O) groups is 2. The zero-order valence-corrected chi connectivity index (χ0v) is 17.7. The summed E-state index contributed by atoms with van der Waals surface area (Å²) in [6.07, 6.45) is 7.20. The minimum atomic E-state index is -0.0787. The molecule has 0 radical (unpaired) electrons. The van der Waals surface area contributed by atoms with Crippen LogP contribution in [0.1, 0.15) is 31.7 Å². The molecule has 0 unspecified atom stereocenters. The molecule has 2 saturated heterocycles. The first-order valence-electron chi connectivity index (χ1n) is 9.54. The highest BCUT2D eigenvalue weighted by Crippen LogP contribution is 2.33. The maximum absolute atomic E-state index is 12.9. The number of piperidine rings is 1. The Bertz CT molecular complexity index is 995. The van der Waals surface area contributed by atoms with E-state index in [1.54, 1.807) is 7.05 Å². The van der Waals surface area contributed by atoms with E-state index in [-0.39, 0.29) is 11.8 Å². The largest absolute Gasteiger partial charge is 0.338 e. The Morgan fingerprint density at radius 3 is 2.82 bits per heavy atom. The standard InChI is InChI=1S/C21H23N3O2S2/c1-14-7-5-6-10-24(14)19(25)13-23-12-15(16-8-3-4-9-17(16)23)11-18-20(26)22(2)21(27)28-18/h3-4,8-9,11-12,14H,5-7,10,13H2,1-2H3/b18-11-/t14-/m1/s1. The number of fused-ring (bicyclic) bond motifs is 1. The highest BCUT2D eigenvalue weighted by molar-refractivity contribution is 8.26. The third kappa shape index (κ3) is 3.49. The SMILES string of the molecule is C[C@@H]1CCCCN1C(=O)Cn1cc(/C=C2\SC(=S)N(C)C2=O)c2ccccc21. The predicted molar refractivity (Wildman–Crippen MR) is 118 cm³/mol. The van der Waals surface area contributed by atoms with Gasteiger partial charge in [-0.25, -0.2) is 0 Å². The molecular formula is C21H23N3O2S2. The molecule has 146 valence electrons. The molecule has 0 bridgehead atoms. The van der Waals surface area contributed by atoms with Crippen molar-refractivity contribution in [3.63, 3.8) is 0 Å². The predicted octanol–water partition coefficient (Wildman–Crippen LogP) is 3.87. The lowest BCUT2D eigenvalue weighted by atomic mass is 10.0. The molecule has 1 atom stereocenters. The first kappa shape index (κ1) is 19.2. The Morgan fingerprint density at radius 1 is 1.32 bits per heavy atom. The summed E-state index contributed by atoms with van der Waals surface area (Å²) in [5.41, 5.74) is 1.93. The second-order valence-corrected chi connectivity index (χ2v) is 9.08. The smallest absolute Gasteiger partial charge is 0.265 e. The fourth-order valence-corrected chi connectivity index (χ4v) is 5.08. The average Bonchev–Trinajstić information content (AvgIpc) is 3.15. The lowest BCUT2D eigenvalue weighted by Gasteiger charge is -2.33. The summed E-state index contributed by atoms with van der Waals surface area (Å²) in [6, 6.07) is 8.29. The van der Waals surface area contributed by atoms with E-state index < -0.39 is 0 Å². The third-order valence-corrected chi connectivity index (χ3v) is 7.01. The van der Waals surface area contributed by atoms with Crippen molar-refractivity contribution in [1.82, 2.24) is 14.4 Å². The van der Waals surface area contributed by atoms with E-state index in [2.05, 4.69) is 6.92 Å². The number of aromatic nitrogens is 1. The molecular weight excluding hydrogens is 390 g/mol. The maximum atomic E-state index is 12.9. The Hall–Kier alpha value is -2.12. The van der Waals surface area contributed by atoms with Crippen LogP contribution in [0.15, 0.2) is 35.4 Å². The van der Waals surface area contributed by atoms with Crippen LogP contribution in [-0.2, 0) is 16.1 Å². The first-order valence-corrected chi connectivity index (χ1v) is 10.8. The van der Waals surface area contributed by atoms with E-state index in [9.17, 15) is 9.59 Å². The van der Waals surface area contributed by atoms with Crippen LogP contribution in [0.25, 0.3) is 17.0 Å². The van der Waals surface area contributed by atoms with Gasteiger partial charge in [0.1, 0.15) is 10.9 Å². The normalized spacial score (nSPS) is 21.9. The topological polar surface area (TPSA) is 45.6 Å². The molecule has 1 aromatic heterocycles. The van der Waals surface area contributed by atoms with Gasteiger partial charge in [-0.1, -0.05) is 42.2 Å². The Balaban J connectivity index is 1.66. The summed E-state index contributed by atoms with van der Waals surface area (Å²) in [7, 11) is 1.69.